The molecule has 0 aliphatic heterocycles. The van der Waals surface area contributed by atoms with Crippen molar-refractivity contribution in [2.24, 2.45) is 0 Å². The normalized spacial score (nSPS) is 11.4. The van der Waals surface area contributed by atoms with E-state index in [9.17, 15) is 9.59 Å². The molecule has 0 bridgehead atoms. The second kappa shape index (κ2) is 8.71. The predicted molar refractivity (Wildman–Crippen MR) is 105 cm³/mol. The van der Waals surface area contributed by atoms with E-state index in [-0.39, 0.29) is 11.8 Å². The highest BCUT2D eigenvalue weighted by atomic mass is 79.9. The van der Waals surface area contributed by atoms with Gasteiger partial charge in [0.2, 0.25) is 5.91 Å². The predicted octanol–water partition coefficient (Wildman–Crippen LogP) is 4.13. The highest BCUT2D eigenvalue weighted by Crippen LogP contribution is 2.29. The summed E-state index contributed by atoms with van der Waals surface area (Å²) in [6.45, 7) is 5.02. The molecule has 0 saturated carbocycles. The Balaban J connectivity index is 2.16. The molecule has 26 heavy (non-hydrogen) atoms. The molecular weight excluding hydrogens is 400 g/mol. The molecule has 2 N–H and O–H groups in total. The average molecular weight is 421 g/mol. The number of aryl methyl sites for hydroxylation is 1. The van der Waals surface area contributed by atoms with Gasteiger partial charge in [-0.05, 0) is 59.6 Å². The number of rotatable bonds is 6. The second-order valence-corrected chi connectivity index (χ2v) is 6.63. The summed E-state index contributed by atoms with van der Waals surface area (Å²) in [6.07, 6.45) is -0.745. The van der Waals surface area contributed by atoms with Crippen LogP contribution in [0.25, 0.3) is 0 Å². The van der Waals surface area contributed by atoms with Crippen LogP contribution in [-0.2, 0) is 9.59 Å². The second-order valence-electron chi connectivity index (χ2n) is 5.78. The van der Waals surface area contributed by atoms with Gasteiger partial charge in [-0.3, -0.25) is 9.59 Å². The topological polar surface area (TPSA) is 76.7 Å². The molecular formula is C19H21BrN2O4. The minimum Gasteiger partial charge on any atom is -0.497 e. The van der Waals surface area contributed by atoms with Gasteiger partial charge in [-0.1, -0.05) is 6.07 Å². The number of benzene rings is 2. The largest absolute Gasteiger partial charge is 0.497 e. The lowest BCUT2D eigenvalue weighted by Crippen LogP contribution is -2.30. The van der Waals surface area contributed by atoms with Gasteiger partial charge >= 0.3 is 0 Å². The molecule has 1 atom stereocenters. The summed E-state index contributed by atoms with van der Waals surface area (Å²) >= 11 is 3.43. The molecule has 6 nitrogen and oxygen atoms in total. The maximum absolute atomic E-state index is 12.5. The Morgan fingerprint density at radius 2 is 1.81 bits per heavy atom. The van der Waals surface area contributed by atoms with Crippen molar-refractivity contribution in [2.45, 2.75) is 26.9 Å². The van der Waals surface area contributed by atoms with Crippen molar-refractivity contribution >= 4 is 39.1 Å². The number of methoxy groups -OCH3 is 1. The number of anilines is 2. The van der Waals surface area contributed by atoms with E-state index in [0.717, 1.165) is 10.0 Å². The summed E-state index contributed by atoms with van der Waals surface area (Å²) in [6, 6.07) is 10.6. The van der Waals surface area contributed by atoms with E-state index in [4.69, 9.17) is 9.47 Å². The first-order valence-electron chi connectivity index (χ1n) is 7.99. The maximum atomic E-state index is 12.5. The van der Waals surface area contributed by atoms with Crippen LogP contribution in [0.3, 0.4) is 0 Å². The Morgan fingerprint density at radius 1 is 1.08 bits per heavy atom. The Kier molecular flexibility index (Phi) is 6.63. The Labute approximate surface area is 161 Å². The van der Waals surface area contributed by atoms with Crippen LogP contribution in [0.5, 0.6) is 11.5 Å². The van der Waals surface area contributed by atoms with Crippen molar-refractivity contribution in [3.05, 3.63) is 46.4 Å². The van der Waals surface area contributed by atoms with E-state index >= 15 is 0 Å². The third kappa shape index (κ3) is 5.23. The van der Waals surface area contributed by atoms with E-state index < -0.39 is 6.10 Å². The highest BCUT2D eigenvalue weighted by molar-refractivity contribution is 9.10. The standard InChI is InChI=1S/C19H21BrN2O4/c1-11-5-8-18(15(20)9-11)26-12(2)19(24)22-17-10-14(25-4)6-7-16(17)21-13(3)23/h5-10,12H,1-4H3,(H,21,23)(H,22,24). The summed E-state index contributed by atoms with van der Waals surface area (Å²) in [5, 5.41) is 5.44. The number of carbonyl (C=O) groups excluding carboxylic acids is 2. The first-order valence-corrected chi connectivity index (χ1v) is 8.78. The first-order chi connectivity index (χ1) is 12.3. The van der Waals surface area contributed by atoms with E-state index in [0.29, 0.717) is 22.9 Å². The molecule has 2 aromatic carbocycles. The minimum absolute atomic E-state index is 0.237. The van der Waals surface area contributed by atoms with Gasteiger partial charge in [-0.25, -0.2) is 0 Å². The van der Waals surface area contributed by atoms with Crippen LogP contribution < -0.4 is 20.1 Å². The van der Waals surface area contributed by atoms with Gasteiger partial charge in [-0.2, -0.15) is 0 Å². The third-order valence-corrected chi connectivity index (χ3v) is 4.18. The number of nitrogens with one attached hydrogen (secondary N) is 2. The zero-order valence-corrected chi connectivity index (χ0v) is 16.6. The van der Waals surface area contributed by atoms with E-state index in [1.807, 2.05) is 19.1 Å². The van der Waals surface area contributed by atoms with Crippen molar-refractivity contribution in [2.75, 3.05) is 17.7 Å². The molecule has 0 radical (unpaired) electrons. The Morgan fingerprint density at radius 3 is 2.42 bits per heavy atom. The summed E-state index contributed by atoms with van der Waals surface area (Å²) in [5.74, 6) is 0.547. The fourth-order valence-electron chi connectivity index (χ4n) is 2.23. The molecule has 0 aliphatic carbocycles. The van der Waals surface area contributed by atoms with Crippen LogP contribution in [0.2, 0.25) is 0 Å². The van der Waals surface area contributed by atoms with E-state index in [2.05, 4.69) is 26.6 Å². The number of hydrogen-bond donors (Lipinski definition) is 2. The zero-order valence-electron chi connectivity index (χ0n) is 15.1. The van der Waals surface area contributed by atoms with Crippen molar-refractivity contribution < 1.29 is 19.1 Å². The van der Waals surface area contributed by atoms with Crippen LogP contribution in [-0.4, -0.2) is 25.0 Å². The monoisotopic (exact) mass is 420 g/mol. The van der Waals surface area contributed by atoms with Crippen LogP contribution in [0.15, 0.2) is 40.9 Å². The van der Waals surface area contributed by atoms with Crippen molar-refractivity contribution in [3.8, 4) is 11.5 Å². The Hall–Kier alpha value is -2.54. The number of hydrogen-bond acceptors (Lipinski definition) is 4. The molecule has 2 aromatic rings. The van der Waals surface area contributed by atoms with Crippen LogP contribution in [0.1, 0.15) is 19.4 Å². The van der Waals surface area contributed by atoms with Crippen molar-refractivity contribution in [1.29, 1.82) is 0 Å². The molecule has 0 spiro atoms. The fraction of sp³-hybridized carbons (Fsp3) is 0.263. The van der Waals surface area contributed by atoms with Crippen molar-refractivity contribution in [3.63, 3.8) is 0 Å². The van der Waals surface area contributed by atoms with Gasteiger partial charge in [-0.15, -0.1) is 0 Å². The number of ether oxygens (including phenoxy) is 2. The third-order valence-electron chi connectivity index (χ3n) is 3.56. The number of amides is 2. The lowest BCUT2D eigenvalue weighted by molar-refractivity contribution is -0.122. The summed E-state index contributed by atoms with van der Waals surface area (Å²) in [5.41, 5.74) is 2.00. The van der Waals surface area contributed by atoms with Gasteiger partial charge in [0.1, 0.15) is 11.5 Å². The molecule has 0 aliphatic rings. The Bertz CT molecular complexity index is 823. The molecule has 1 unspecified atom stereocenters. The number of halogens is 1. The van der Waals surface area contributed by atoms with Gasteiger partial charge in [0.15, 0.2) is 6.10 Å². The first kappa shape index (κ1) is 19.8. The van der Waals surface area contributed by atoms with Gasteiger partial charge < -0.3 is 20.1 Å². The van der Waals surface area contributed by atoms with Gasteiger partial charge in [0.25, 0.3) is 5.91 Å². The quantitative estimate of drug-likeness (QED) is 0.736. The summed E-state index contributed by atoms with van der Waals surface area (Å²) in [4.78, 5) is 23.9. The molecule has 2 amide bonds. The van der Waals surface area contributed by atoms with Crippen LogP contribution in [0, 0.1) is 6.92 Å². The fourth-order valence-corrected chi connectivity index (χ4v) is 2.82. The van der Waals surface area contributed by atoms with Crippen LogP contribution in [0.4, 0.5) is 11.4 Å². The molecule has 0 saturated heterocycles. The van der Waals surface area contributed by atoms with Gasteiger partial charge in [0.05, 0.1) is 23.0 Å². The number of carbonyl (C=O) groups is 2. The summed E-state index contributed by atoms with van der Waals surface area (Å²) < 4.78 is 11.7. The van der Waals surface area contributed by atoms with E-state index in [1.54, 1.807) is 31.2 Å². The smallest absolute Gasteiger partial charge is 0.265 e. The highest BCUT2D eigenvalue weighted by Gasteiger charge is 2.18. The molecule has 0 fully saturated rings. The van der Waals surface area contributed by atoms with Crippen molar-refractivity contribution in [1.82, 2.24) is 0 Å². The molecule has 0 heterocycles. The molecule has 7 heteroatoms. The SMILES string of the molecule is COc1ccc(NC(C)=O)c(NC(=O)C(C)Oc2ccc(C)cc2Br)c1. The molecule has 2 rings (SSSR count). The maximum Gasteiger partial charge on any atom is 0.265 e. The lowest BCUT2D eigenvalue weighted by atomic mass is 10.2. The minimum atomic E-state index is -0.745. The zero-order chi connectivity index (χ0) is 19.3. The van der Waals surface area contributed by atoms with Crippen LogP contribution >= 0.6 is 15.9 Å². The summed E-state index contributed by atoms with van der Waals surface area (Å²) in [7, 11) is 1.53. The molecule has 0 aromatic heterocycles. The average Bonchev–Trinajstić information content (AvgIpc) is 2.58. The van der Waals surface area contributed by atoms with Gasteiger partial charge in [0, 0.05) is 13.0 Å². The lowest BCUT2D eigenvalue weighted by Gasteiger charge is -2.18. The van der Waals surface area contributed by atoms with E-state index in [1.165, 1.54) is 14.0 Å². The molecule has 138 valence electrons.